The molecule has 0 bridgehead atoms. The zero-order valence-corrected chi connectivity index (χ0v) is 13.9. The number of carbonyl (C=O) groups is 1. The van der Waals surface area contributed by atoms with Crippen molar-refractivity contribution in [1.82, 2.24) is 14.9 Å². The number of rotatable bonds is 5. The van der Waals surface area contributed by atoms with Gasteiger partial charge in [-0.25, -0.2) is 4.98 Å². The van der Waals surface area contributed by atoms with Crippen molar-refractivity contribution in [3.05, 3.63) is 42.0 Å². The fourth-order valence-corrected chi connectivity index (χ4v) is 2.90. The van der Waals surface area contributed by atoms with Crippen LogP contribution in [-0.4, -0.2) is 55.0 Å². The van der Waals surface area contributed by atoms with E-state index in [-0.39, 0.29) is 5.91 Å². The average Bonchev–Trinajstić information content (AvgIpc) is 3.16. The Balaban J connectivity index is 1.79. The molecule has 1 aliphatic heterocycles. The maximum atomic E-state index is 12.2. The second kappa shape index (κ2) is 6.42. The molecular formula is C17H23N5O. The van der Waals surface area contributed by atoms with E-state index in [0.29, 0.717) is 6.54 Å². The minimum atomic E-state index is 0.0908. The van der Waals surface area contributed by atoms with Crippen LogP contribution in [0.15, 0.2) is 30.7 Å². The van der Waals surface area contributed by atoms with Crippen LogP contribution in [0.1, 0.15) is 11.3 Å². The summed E-state index contributed by atoms with van der Waals surface area (Å²) in [6.07, 6.45) is 4.60. The third-order valence-corrected chi connectivity index (χ3v) is 4.19. The maximum absolute atomic E-state index is 12.2. The number of H-pyrrole nitrogens is 1. The molecule has 1 amide bonds. The molecule has 3 rings (SSSR count). The van der Waals surface area contributed by atoms with E-state index in [1.165, 1.54) is 11.3 Å². The van der Waals surface area contributed by atoms with Gasteiger partial charge in [0.15, 0.2) is 0 Å². The molecule has 1 aliphatic rings. The number of amides is 1. The molecular weight excluding hydrogens is 290 g/mol. The number of imidazole rings is 1. The second-order valence-corrected chi connectivity index (χ2v) is 6.25. The zero-order valence-electron chi connectivity index (χ0n) is 13.9. The lowest BCUT2D eigenvalue weighted by molar-refractivity contribution is -0.118. The van der Waals surface area contributed by atoms with Gasteiger partial charge >= 0.3 is 0 Å². The first kappa shape index (κ1) is 15.6. The second-order valence-electron chi connectivity index (χ2n) is 6.25. The molecule has 0 radical (unpaired) electrons. The molecule has 23 heavy (non-hydrogen) atoms. The Morgan fingerprint density at radius 1 is 1.35 bits per heavy atom. The number of carbonyl (C=O) groups excluding carboxylic acids is 1. The minimum Gasteiger partial charge on any atom is -0.365 e. The zero-order chi connectivity index (χ0) is 16.4. The van der Waals surface area contributed by atoms with Gasteiger partial charge in [-0.05, 0) is 38.2 Å². The maximum Gasteiger partial charge on any atom is 0.240 e. The predicted molar refractivity (Wildman–Crippen MR) is 91.7 cm³/mol. The Kier molecular flexibility index (Phi) is 4.34. The highest BCUT2D eigenvalue weighted by Gasteiger charge is 2.21. The highest BCUT2D eigenvalue weighted by atomic mass is 16.2. The third-order valence-electron chi connectivity index (χ3n) is 4.19. The van der Waals surface area contributed by atoms with Crippen LogP contribution >= 0.6 is 0 Å². The number of fused-ring (bicyclic) bond motifs is 1. The van der Waals surface area contributed by atoms with Crippen LogP contribution in [0.3, 0.4) is 0 Å². The topological polar surface area (TPSA) is 55.5 Å². The number of hydrogen-bond acceptors (Lipinski definition) is 4. The van der Waals surface area contributed by atoms with Crippen molar-refractivity contribution < 1.29 is 4.79 Å². The first-order valence-electron chi connectivity index (χ1n) is 7.81. The number of aromatic nitrogens is 2. The van der Waals surface area contributed by atoms with Gasteiger partial charge in [-0.15, -0.1) is 0 Å². The van der Waals surface area contributed by atoms with Crippen molar-refractivity contribution in [2.75, 3.05) is 44.0 Å². The van der Waals surface area contributed by atoms with Gasteiger partial charge in [-0.3, -0.25) is 4.79 Å². The van der Waals surface area contributed by atoms with E-state index < -0.39 is 0 Å². The molecule has 0 fully saturated rings. The normalized spacial score (nSPS) is 13.5. The lowest BCUT2D eigenvalue weighted by Crippen LogP contribution is -2.35. The Morgan fingerprint density at radius 3 is 2.87 bits per heavy atom. The molecule has 1 N–H and O–H groups in total. The highest BCUT2D eigenvalue weighted by Crippen LogP contribution is 2.32. The number of anilines is 2. The molecule has 0 atom stereocenters. The summed E-state index contributed by atoms with van der Waals surface area (Å²) in [4.78, 5) is 25.4. The van der Waals surface area contributed by atoms with Crippen molar-refractivity contribution >= 4 is 17.3 Å². The van der Waals surface area contributed by atoms with E-state index in [1.54, 1.807) is 11.2 Å². The molecule has 0 aliphatic carbocycles. The van der Waals surface area contributed by atoms with Gasteiger partial charge in [-0.2, -0.15) is 0 Å². The molecule has 6 heteroatoms. The average molecular weight is 313 g/mol. The highest BCUT2D eigenvalue weighted by molar-refractivity contribution is 5.95. The molecule has 0 saturated carbocycles. The SMILES string of the molecule is CN(C)CC(=O)N(C)c1ccc2c(c1)N(Cc1cnc[nH]1)CC2. The summed E-state index contributed by atoms with van der Waals surface area (Å²) in [6, 6.07) is 6.29. The molecule has 0 spiro atoms. The largest absolute Gasteiger partial charge is 0.365 e. The van der Waals surface area contributed by atoms with Gasteiger partial charge in [0.1, 0.15) is 0 Å². The van der Waals surface area contributed by atoms with Crippen molar-refractivity contribution in [2.45, 2.75) is 13.0 Å². The smallest absolute Gasteiger partial charge is 0.240 e. The van der Waals surface area contributed by atoms with E-state index in [4.69, 9.17) is 0 Å². The summed E-state index contributed by atoms with van der Waals surface area (Å²) >= 11 is 0. The Labute approximate surface area is 136 Å². The third kappa shape index (κ3) is 3.37. The van der Waals surface area contributed by atoms with E-state index in [9.17, 15) is 4.79 Å². The molecule has 0 saturated heterocycles. The summed E-state index contributed by atoms with van der Waals surface area (Å²) in [5.41, 5.74) is 4.58. The summed E-state index contributed by atoms with van der Waals surface area (Å²) in [5.74, 6) is 0.0908. The van der Waals surface area contributed by atoms with Crippen molar-refractivity contribution in [1.29, 1.82) is 0 Å². The standard InChI is InChI=1S/C17H23N5O/c1-20(2)11-17(23)21(3)15-5-4-13-6-7-22(16(13)8-15)10-14-9-18-12-19-14/h4-5,8-9,12H,6-7,10-11H2,1-3H3,(H,18,19). The van der Waals surface area contributed by atoms with Gasteiger partial charge in [0, 0.05) is 31.2 Å². The van der Waals surface area contributed by atoms with Crippen LogP contribution in [0, 0.1) is 0 Å². The van der Waals surface area contributed by atoms with Crippen LogP contribution in [-0.2, 0) is 17.8 Å². The van der Waals surface area contributed by atoms with Gasteiger partial charge in [-0.1, -0.05) is 6.07 Å². The molecule has 2 aromatic rings. The quantitative estimate of drug-likeness (QED) is 0.909. The lowest BCUT2D eigenvalue weighted by Gasteiger charge is -2.23. The molecule has 6 nitrogen and oxygen atoms in total. The Bertz CT molecular complexity index is 680. The van der Waals surface area contributed by atoms with Crippen LogP contribution in [0.4, 0.5) is 11.4 Å². The lowest BCUT2D eigenvalue weighted by atomic mass is 10.1. The Hall–Kier alpha value is -2.34. The summed E-state index contributed by atoms with van der Waals surface area (Å²) in [5, 5.41) is 0. The van der Waals surface area contributed by atoms with E-state index in [1.807, 2.05) is 38.3 Å². The van der Waals surface area contributed by atoms with Gasteiger partial charge in [0.25, 0.3) is 0 Å². The summed E-state index contributed by atoms with van der Waals surface area (Å²) < 4.78 is 0. The first-order valence-corrected chi connectivity index (χ1v) is 7.81. The van der Waals surface area contributed by atoms with Gasteiger partial charge < -0.3 is 19.7 Å². The number of aromatic amines is 1. The van der Waals surface area contributed by atoms with Crippen LogP contribution in [0.2, 0.25) is 0 Å². The molecule has 2 heterocycles. The number of nitrogens with zero attached hydrogens (tertiary/aromatic N) is 4. The van der Waals surface area contributed by atoms with Crippen molar-refractivity contribution in [2.24, 2.45) is 0 Å². The van der Waals surface area contributed by atoms with Crippen LogP contribution in [0.25, 0.3) is 0 Å². The monoisotopic (exact) mass is 313 g/mol. The van der Waals surface area contributed by atoms with Gasteiger partial charge in [0.2, 0.25) is 5.91 Å². The van der Waals surface area contributed by atoms with Crippen molar-refractivity contribution in [3.63, 3.8) is 0 Å². The van der Waals surface area contributed by atoms with E-state index >= 15 is 0 Å². The first-order chi connectivity index (χ1) is 11.0. The van der Waals surface area contributed by atoms with Crippen molar-refractivity contribution in [3.8, 4) is 0 Å². The Morgan fingerprint density at radius 2 is 2.17 bits per heavy atom. The molecule has 122 valence electrons. The number of benzene rings is 1. The summed E-state index contributed by atoms with van der Waals surface area (Å²) in [6.45, 7) is 2.21. The van der Waals surface area contributed by atoms with Crippen LogP contribution in [0.5, 0.6) is 0 Å². The fraction of sp³-hybridized carbons (Fsp3) is 0.412. The van der Waals surface area contributed by atoms with Crippen LogP contribution < -0.4 is 9.80 Å². The molecule has 1 aromatic carbocycles. The summed E-state index contributed by atoms with van der Waals surface area (Å²) in [7, 11) is 5.64. The number of nitrogens with one attached hydrogen (secondary N) is 1. The number of hydrogen-bond donors (Lipinski definition) is 1. The van der Waals surface area contributed by atoms with E-state index in [0.717, 1.165) is 30.9 Å². The fourth-order valence-electron chi connectivity index (χ4n) is 2.90. The molecule has 1 aromatic heterocycles. The van der Waals surface area contributed by atoms with E-state index in [2.05, 4.69) is 27.0 Å². The predicted octanol–water partition coefficient (Wildman–Crippen LogP) is 1.50. The minimum absolute atomic E-state index is 0.0908. The van der Waals surface area contributed by atoms with Gasteiger partial charge in [0.05, 0.1) is 25.1 Å². The molecule has 0 unspecified atom stereocenters. The number of likely N-dealkylation sites (N-methyl/N-ethyl adjacent to an activating group) is 2.